The van der Waals surface area contributed by atoms with Gasteiger partial charge in [0.1, 0.15) is 18.1 Å². The van der Waals surface area contributed by atoms with E-state index in [2.05, 4.69) is 46.5 Å². The van der Waals surface area contributed by atoms with Crippen LogP contribution < -0.4 is 9.47 Å². The molecule has 4 heterocycles. The third-order valence-electron chi connectivity index (χ3n) is 7.45. The summed E-state index contributed by atoms with van der Waals surface area (Å²) in [6.07, 6.45) is 6.23. The van der Waals surface area contributed by atoms with Crippen LogP contribution in [0, 0.1) is 23.7 Å². The number of ether oxygens (including phenoxy) is 3. The zero-order valence-corrected chi connectivity index (χ0v) is 20.4. The van der Waals surface area contributed by atoms with E-state index in [1.165, 1.54) is 6.42 Å². The van der Waals surface area contributed by atoms with Crippen LogP contribution >= 0.6 is 0 Å². The van der Waals surface area contributed by atoms with Gasteiger partial charge in [0.05, 0.1) is 25.8 Å². The maximum atomic E-state index is 6.60. The summed E-state index contributed by atoms with van der Waals surface area (Å²) in [5, 5.41) is 1.07. The minimum atomic E-state index is -0.105. The Balaban J connectivity index is 1.44. The molecule has 2 bridgehead atoms. The third-order valence-corrected chi connectivity index (χ3v) is 7.45. The van der Waals surface area contributed by atoms with Gasteiger partial charge in [-0.05, 0) is 85.3 Å². The molecule has 0 aliphatic carbocycles. The van der Waals surface area contributed by atoms with Crippen molar-refractivity contribution in [3.05, 3.63) is 78.5 Å². The Bertz CT molecular complexity index is 1240. The van der Waals surface area contributed by atoms with E-state index in [0.29, 0.717) is 24.5 Å². The molecular weight excluding hydrogens is 436 g/mol. The maximum absolute atomic E-state index is 6.60. The second kappa shape index (κ2) is 10.5. The Morgan fingerprint density at radius 2 is 1.91 bits per heavy atom. The largest absolute Gasteiger partial charge is 0.497 e. The van der Waals surface area contributed by atoms with Gasteiger partial charge in [0.15, 0.2) is 0 Å². The van der Waals surface area contributed by atoms with E-state index < -0.39 is 0 Å². The minimum absolute atomic E-state index is 0.105. The van der Waals surface area contributed by atoms with Crippen molar-refractivity contribution in [3.8, 4) is 23.3 Å². The SMILES string of the molecule is C=C[C@H]1CN2CCC1C[C@@H]2[C@@H](OCC#Cc1ccc(OC)cc1)c1ccnc2ccc(OC)cc12. The standard InChI is InChI=1S/C30H32N2O3/c1-4-22-20-32-16-14-23(22)18-29(32)30(35-17-5-6-21-7-9-24(33-2)10-8-21)26-13-15-31-28-12-11-25(34-3)19-27(26)28/h4,7-13,15,19,22-23,29-30H,1,14,16-18,20H2,2-3H3/t22-,23?,29+,30-/m0/s1. The van der Waals surface area contributed by atoms with Crippen LogP contribution in [0.15, 0.2) is 67.4 Å². The second-order valence-electron chi connectivity index (χ2n) is 9.29. The van der Waals surface area contributed by atoms with E-state index in [-0.39, 0.29) is 6.10 Å². The first kappa shape index (κ1) is 23.4. The van der Waals surface area contributed by atoms with Gasteiger partial charge >= 0.3 is 0 Å². The molecule has 5 heteroatoms. The van der Waals surface area contributed by atoms with Gasteiger partial charge in [-0.25, -0.2) is 0 Å². The van der Waals surface area contributed by atoms with Gasteiger partial charge in [0.25, 0.3) is 0 Å². The summed E-state index contributed by atoms with van der Waals surface area (Å²) in [5.41, 5.74) is 3.04. The van der Waals surface area contributed by atoms with Crippen LogP contribution in [-0.4, -0.2) is 49.8 Å². The van der Waals surface area contributed by atoms with E-state index in [0.717, 1.165) is 53.0 Å². The Kier molecular flexibility index (Phi) is 7.03. The quantitative estimate of drug-likeness (QED) is 0.350. The number of methoxy groups -OCH3 is 2. The maximum Gasteiger partial charge on any atom is 0.119 e. The van der Waals surface area contributed by atoms with Gasteiger partial charge in [-0.1, -0.05) is 17.9 Å². The number of nitrogens with zero attached hydrogens (tertiary/aromatic N) is 2. The molecule has 5 atom stereocenters. The molecule has 3 aliphatic heterocycles. The van der Waals surface area contributed by atoms with E-state index in [1.54, 1.807) is 14.2 Å². The molecule has 5 nitrogen and oxygen atoms in total. The van der Waals surface area contributed by atoms with Gasteiger partial charge < -0.3 is 14.2 Å². The third kappa shape index (κ3) is 4.91. The molecular formula is C30H32N2O3. The molecule has 2 unspecified atom stereocenters. The molecule has 0 amide bonds. The van der Waals surface area contributed by atoms with Crippen molar-refractivity contribution in [2.75, 3.05) is 33.9 Å². The zero-order valence-electron chi connectivity index (χ0n) is 20.4. The van der Waals surface area contributed by atoms with E-state index >= 15 is 0 Å². The van der Waals surface area contributed by atoms with Crippen LogP contribution in [0.4, 0.5) is 0 Å². The zero-order chi connectivity index (χ0) is 24.2. The van der Waals surface area contributed by atoms with E-state index in [1.807, 2.05) is 42.6 Å². The molecule has 3 aliphatic rings. The summed E-state index contributed by atoms with van der Waals surface area (Å²) in [4.78, 5) is 7.18. The molecule has 2 aromatic carbocycles. The number of rotatable bonds is 7. The summed E-state index contributed by atoms with van der Waals surface area (Å²) < 4.78 is 17.4. The monoisotopic (exact) mass is 468 g/mol. The van der Waals surface area contributed by atoms with Crippen LogP contribution in [0.2, 0.25) is 0 Å². The van der Waals surface area contributed by atoms with Crippen molar-refractivity contribution in [1.29, 1.82) is 0 Å². The molecule has 0 N–H and O–H groups in total. The minimum Gasteiger partial charge on any atom is -0.497 e. The summed E-state index contributed by atoms with van der Waals surface area (Å²) >= 11 is 0. The second-order valence-corrected chi connectivity index (χ2v) is 9.29. The predicted octanol–water partition coefficient (Wildman–Crippen LogP) is 5.26. The lowest BCUT2D eigenvalue weighted by Crippen LogP contribution is -2.55. The van der Waals surface area contributed by atoms with Gasteiger partial charge in [-0.3, -0.25) is 9.88 Å². The molecule has 3 aromatic rings. The highest BCUT2D eigenvalue weighted by Gasteiger charge is 2.43. The van der Waals surface area contributed by atoms with Crippen LogP contribution in [0.1, 0.15) is 30.1 Å². The number of benzene rings is 2. The molecule has 3 saturated heterocycles. The number of hydrogen-bond acceptors (Lipinski definition) is 5. The van der Waals surface area contributed by atoms with Crippen molar-refractivity contribution in [2.24, 2.45) is 11.8 Å². The Labute approximate surface area is 207 Å². The normalized spacial score (nSPS) is 23.8. The van der Waals surface area contributed by atoms with Crippen molar-refractivity contribution in [1.82, 2.24) is 9.88 Å². The molecule has 6 rings (SSSR count). The van der Waals surface area contributed by atoms with Gasteiger partial charge in [0.2, 0.25) is 0 Å². The van der Waals surface area contributed by atoms with Crippen molar-refractivity contribution < 1.29 is 14.2 Å². The van der Waals surface area contributed by atoms with Crippen molar-refractivity contribution in [2.45, 2.75) is 25.0 Å². The first-order chi connectivity index (χ1) is 17.2. The molecule has 0 radical (unpaired) electrons. The fourth-order valence-corrected chi connectivity index (χ4v) is 5.57. The number of pyridine rings is 1. The van der Waals surface area contributed by atoms with E-state index in [9.17, 15) is 0 Å². The highest BCUT2D eigenvalue weighted by atomic mass is 16.5. The topological polar surface area (TPSA) is 43.8 Å². The van der Waals surface area contributed by atoms with Gasteiger partial charge in [0, 0.05) is 29.7 Å². The smallest absolute Gasteiger partial charge is 0.119 e. The molecule has 0 saturated carbocycles. The fourth-order valence-electron chi connectivity index (χ4n) is 5.57. The number of fused-ring (bicyclic) bond motifs is 4. The molecule has 3 fully saturated rings. The fraction of sp³-hybridized carbons (Fsp3) is 0.367. The first-order valence-corrected chi connectivity index (χ1v) is 12.2. The van der Waals surface area contributed by atoms with Gasteiger partial charge in [-0.2, -0.15) is 0 Å². The van der Waals surface area contributed by atoms with E-state index in [4.69, 9.17) is 14.2 Å². The van der Waals surface area contributed by atoms with Crippen LogP contribution in [0.3, 0.4) is 0 Å². The molecule has 180 valence electrons. The first-order valence-electron chi connectivity index (χ1n) is 12.2. The van der Waals surface area contributed by atoms with Crippen LogP contribution in [0.5, 0.6) is 11.5 Å². The highest BCUT2D eigenvalue weighted by Crippen LogP contribution is 2.43. The number of aromatic nitrogens is 1. The predicted molar refractivity (Wildman–Crippen MR) is 139 cm³/mol. The summed E-state index contributed by atoms with van der Waals surface area (Å²) in [5.74, 6) is 9.31. The molecule has 0 spiro atoms. The number of piperidine rings is 3. The Morgan fingerprint density at radius 1 is 1.11 bits per heavy atom. The summed E-state index contributed by atoms with van der Waals surface area (Å²) in [7, 11) is 3.36. The lowest BCUT2D eigenvalue weighted by atomic mass is 9.73. The summed E-state index contributed by atoms with van der Waals surface area (Å²) in [6, 6.07) is 16.2. The summed E-state index contributed by atoms with van der Waals surface area (Å²) in [6.45, 7) is 6.58. The lowest BCUT2D eigenvalue weighted by molar-refractivity contribution is -0.0673. The van der Waals surface area contributed by atoms with Gasteiger partial charge in [-0.15, -0.1) is 6.58 Å². The lowest BCUT2D eigenvalue weighted by Gasteiger charge is -2.51. The average Bonchev–Trinajstić information content (AvgIpc) is 2.93. The molecule has 1 aromatic heterocycles. The number of hydrogen-bond donors (Lipinski definition) is 0. The average molecular weight is 469 g/mol. The van der Waals surface area contributed by atoms with Crippen LogP contribution in [0.25, 0.3) is 10.9 Å². The highest BCUT2D eigenvalue weighted by molar-refractivity contribution is 5.84. The van der Waals surface area contributed by atoms with Crippen LogP contribution in [-0.2, 0) is 4.74 Å². The Hall–Kier alpha value is -3.33. The van der Waals surface area contributed by atoms with Crippen molar-refractivity contribution in [3.63, 3.8) is 0 Å². The molecule has 35 heavy (non-hydrogen) atoms. The Morgan fingerprint density at radius 3 is 2.63 bits per heavy atom. The van der Waals surface area contributed by atoms with Crippen molar-refractivity contribution >= 4 is 10.9 Å².